The van der Waals surface area contributed by atoms with Crippen LogP contribution in [0.3, 0.4) is 0 Å². The highest BCUT2D eigenvalue weighted by Crippen LogP contribution is 2.27. The maximum atomic E-state index is 12.1. The number of aromatic nitrogens is 1. The van der Waals surface area contributed by atoms with Crippen molar-refractivity contribution in [2.75, 3.05) is 6.54 Å². The molecule has 2 atom stereocenters. The standard InChI is InChI=1S/C17H27N3OS/c18-13-6-3-5-12(11-13)17(21)19-10-4-9-16-20-14-7-1-2-8-15(14)22-16/h12-13H,1-11,18H2,(H,19,21). The Labute approximate surface area is 136 Å². The van der Waals surface area contributed by atoms with Gasteiger partial charge in [-0.25, -0.2) is 4.98 Å². The van der Waals surface area contributed by atoms with Crippen LogP contribution < -0.4 is 11.1 Å². The molecule has 0 radical (unpaired) electrons. The van der Waals surface area contributed by atoms with Crippen LogP contribution in [0.5, 0.6) is 0 Å². The lowest BCUT2D eigenvalue weighted by Crippen LogP contribution is -2.38. The summed E-state index contributed by atoms with van der Waals surface area (Å²) in [5, 5.41) is 4.34. The summed E-state index contributed by atoms with van der Waals surface area (Å²) in [4.78, 5) is 18.4. The van der Waals surface area contributed by atoms with Crippen LogP contribution in [0.2, 0.25) is 0 Å². The van der Waals surface area contributed by atoms with Crippen molar-refractivity contribution in [3.8, 4) is 0 Å². The molecule has 2 unspecified atom stereocenters. The second-order valence-corrected chi connectivity index (χ2v) is 7.87. The number of carbonyl (C=O) groups is 1. The quantitative estimate of drug-likeness (QED) is 0.819. The smallest absolute Gasteiger partial charge is 0.223 e. The van der Waals surface area contributed by atoms with Gasteiger partial charge in [-0.3, -0.25) is 4.79 Å². The number of nitrogens with two attached hydrogens (primary N) is 1. The van der Waals surface area contributed by atoms with Crippen LogP contribution in [0.25, 0.3) is 0 Å². The molecule has 1 heterocycles. The minimum absolute atomic E-state index is 0.135. The van der Waals surface area contributed by atoms with Gasteiger partial charge in [0.25, 0.3) is 0 Å². The van der Waals surface area contributed by atoms with Crippen molar-refractivity contribution in [2.24, 2.45) is 11.7 Å². The molecule has 0 saturated heterocycles. The molecule has 5 heteroatoms. The number of hydrogen-bond donors (Lipinski definition) is 2. The zero-order valence-electron chi connectivity index (χ0n) is 13.3. The van der Waals surface area contributed by atoms with Crippen LogP contribution in [0.4, 0.5) is 0 Å². The van der Waals surface area contributed by atoms with E-state index in [1.165, 1.54) is 34.8 Å². The van der Waals surface area contributed by atoms with Crippen molar-refractivity contribution in [1.82, 2.24) is 10.3 Å². The number of thiazole rings is 1. The molecule has 3 N–H and O–H groups in total. The topological polar surface area (TPSA) is 68.0 Å². The van der Waals surface area contributed by atoms with Crippen molar-refractivity contribution in [2.45, 2.75) is 70.3 Å². The Balaban J connectivity index is 1.38. The van der Waals surface area contributed by atoms with Crippen molar-refractivity contribution in [1.29, 1.82) is 0 Å². The van der Waals surface area contributed by atoms with Gasteiger partial charge < -0.3 is 11.1 Å². The van der Waals surface area contributed by atoms with Crippen molar-refractivity contribution in [3.05, 3.63) is 15.6 Å². The Morgan fingerprint density at radius 2 is 2.14 bits per heavy atom. The van der Waals surface area contributed by atoms with E-state index in [0.29, 0.717) is 0 Å². The molecular formula is C17H27N3OS. The van der Waals surface area contributed by atoms with Crippen LogP contribution in [-0.2, 0) is 24.1 Å². The summed E-state index contributed by atoms with van der Waals surface area (Å²) in [7, 11) is 0. The van der Waals surface area contributed by atoms with E-state index in [-0.39, 0.29) is 17.9 Å². The number of hydrogen-bond acceptors (Lipinski definition) is 4. The summed E-state index contributed by atoms with van der Waals surface area (Å²) in [5.41, 5.74) is 7.29. The van der Waals surface area contributed by atoms with Crippen molar-refractivity contribution >= 4 is 17.2 Å². The third kappa shape index (κ3) is 4.07. The van der Waals surface area contributed by atoms with Crippen molar-refractivity contribution < 1.29 is 4.79 Å². The molecule has 3 rings (SSSR count). The minimum Gasteiger partial charge on any atom is -0.356 e. The zero-order chi connectivity index (χ0) is 15.4. The molecule has 1 aromatic rings. The molecule has 2 aliphatic carbocycles. The fraction of sp³-hybridized carbons (Fsp3) is 0.765. The fourth-order valence-corrected chi connectivity index (χ4v) is 4.77. The maximum Gasteiger partial charge on any atom is 0.223 e. The molecule has 4 nitrogen and oxygen atoms in total. The minimum atomic E-state index is 0.135. The molecule has 0 aliphatic heterocycles. The number of fused-ring (bicyclic) bond motifs is 1. The number of nitrogens with zero attached hydrogens (tertiary/aromatic N) is 1. The van der Waals surface area contributed by atoms with Crippen LogP contribution in [0, 0.1) is 5.92 Å². The number of amides is 1. The highest BCUT2D eigenvalue weighted by molar-refractivity contribution is 7.11. The van der Waals surface area contributed by atoms with Gasteiger partial charge in [0.2, 0.25) is 5.91 Å². The van der Waals surface area contributed by atoms with Gasteiger partial charge in [-0.1, -0.05) is 6.42 Å². The van der Waals surface area contributed by atoms with Gasteiger partial charge in [0.1, 0.15) is 0 Å². The van der Waals surface area contributed by atoms with E-state index in [4.69, 9.17) is 10.7 Å². The normalized spacial score (nSPS) is 24.8. The van der Waals surface area contributed by atoms with Gasteiger partial charge in [0, 0.05) is 29.8 Å². The van der Waals surface area contributed by atoms with Gasteiger partial charge in [0.05, 0.1) is 10.7 Å². The predicted octanol–water partition coefficient (Wildman–Crippen LogP) is 2.59. The van der Waals surface area contributed by atoms with Gasteiger partial charge in [-0.05, 0) is 51.4 Å². The van der Waals surface area contributed by atoms with Crippen LogP contribution in [-0.4, -0.2) is 23.5 Å². The van der Waals surface area contributed by atoms with E-state index in [1.54, 1.807) is 0 Å². The monoisotopic (exact) mass is 321 g/mol. The molecular weight excluding hydrogens is 294 g/mol. The first-order valence-corrected chi connectivity index (χ1v) is 9.55. The molecule has 22 heavy (non-hydrogen) atoms. The number of aryl methyl sites for hydroxylation is 3. The third-order valence-electron chi connectivity index (χ3n) is 4.84. The fourth-order valence-electron chi connectivity index (χ4n) is 3.57. The predicted molar refractivity (Wildman–Crippen MR) is 90.0 cm³/mol. The van der Waals surface area contributed by atoms with E-state index in [2.05, 4.69) is 5.32 Å². The van der Waals surface area contributed by atoms with Gasteiger partial charge in [-0.15, -0.1) is 11.3 Å². The SMILES string of the molecule is NC1CCCC(C(=O)NCCCc2nc3c(s2)CCCC3)C1. The first-order chi connectivity index (χ1) is 10.7. The summed E-state index contributed by atoms with van der Waals surface area (Å²) in [6.45, 7) is 0.759. The Morgan fingerprint density at radius 3 is 2.95 bits per heavy atom. The average Bonchev–Trinajstić information content (AvgIpc) is 2.94. The number of nitrogens with one attached hydrogen (secondary N) is 1. The number of rotatable bonds is 5. The molecule has 0 spiro atoms. The molecule has 1 fully saturated rings. The third-order valence-corrected chi connectivity index (χ3v) is 6.06. The van der Waals surface area contributed by atoms with Crippen molar-refractivity contribution in [3.63, 3.8) is 0 Å². The zero-order valence-corrected chi connectivity index (χ0v) is 14.1. The molecule has 0 bridgehead atoms. The van der Waals surface area contributed by atoms with E-state index in [9.17, 15) is 4.79 Å². The number of carbonyl (C=O) groups excluding carboxylic acids is 1. The Kier molecular flexibility index (Phi) is 5.47. The second-order valence-electron chi connectivity index (χ2n) is 6.70. The molecule has 2 aliphatic rings. The Bertz CT molecular complexity index is 491. The maximum absolute atomic E-state index is 12.1. The first kappa shape index (κ1) is 15.9. The largest absolute Gasteiger partial charge is 0.356 e. The molecule has 1 aromatic heterocycles. The lowest BCUT2D eigenvalue weighted by atomic mass is 9.85. The highest BCUT2D eigenvalue weighted by Gasteiger charge is 2.24. The highest BCUT2D eigenvalue weighted by atomic mass is 32.1. The lowest BCUT2D eigenvalue weighted by molar-refractivity contribution is -0.126. The summed E-state index contributed by atoms with van der Waals surface area (Å²) in [6.07, 6.45) is 10.9. The van der Waals surface area contributed by atoms with E-state index in [0.717, 1.165) is 51.5 Å². The van der Waals surface area contributed by atoms with E-state index >= 15 is 0 Å². The lowest BCUT2D eigenvalue weighted by Gasteiger charge is -2.25. The summed E-state index contributed by atoms with van der Waals surface area (Å²) in [6, 6.07) is 0.214. The van der Waals surface area contributed by atoms with E-state index < -0.39 is 0 Å². The van der Waals surface area contributed by atoms with Gasteiger partial charge >= 0.3 is 0 Å². The molecule has 1 amide bonds. The van der Waals surface area contributed by atoms with E-state index in [1.807, 2.05) is 11.3 Å². The summed E-state index contributed by atoms with van der Waals surface area (Å²) in [5.74, 6) is 0.338. The first-order valence-electron chi connectivity index (χ1n) is 8.73. The van der Waals surface area contributed by atoms with Gasteiger partial charge in [0.15, 0.2) is 0 Å². The summed E-state index contributed by atoms with van der Waals surface area (Å²) < 4.78 is 0. The molecule has 0 aromatic carbocycles. The second kappa shape index (κ2) is 7.55. The van der Waals surface area contributed by atoms with Gasteiger partial charge in [-0.2, -0.15) is 0 Å². The molecule has 122 valence electrons. The van der Waals surface area contributed by atoms with Crippen LogP contribution in [0.1, 0.15) is 60.5 Å². The Morgan fingerprint density at radius 1 is 1.27 bits per heavy atom. The molecule has 1 saturated carbocycles. The van der Waals surface area contributed by atoms with Crippen LogP contribution >= 0.6 is 11.3 Å². The Hall–Kier alpha value is -0.940. The summed E-state index contributed by atoms with van der Waals surface area (Å²) >= 11 is 1.88. The average molecular weight is 321 g/mol. The van der Waals surface area contributed by atoms with Crippen LogP contribution in [0.15, 0.2) is 0 Å².